The largest absolute Gasteiger partial charge is 0.493 e. The van der Waals surface area contributed by atoms with Crippen molar-refractivity contribution in [3.63, 3.8) is 0 Å². The molecule has 2 aromatic carbocycles. The summed E-state index contributed by atoms with van der Waals surface area (Å²) in [5.74, 6) is -1.07. The van der Waals surface area contributed by atoms with E-state index in [0.717, 1.165) is 6.07 Å². The van der Waals surface area contributed by atoms with Crippen LogP contribution in [-0.4, -0.2) is 41.0 Å². The van der Waals surface area contributed by atoms with E-state index in [9.17, 15) is 19.5 Å². The first kappa shape index (κ1) is 22.0. The lowest BCUT2D eigenvalue weighted by Gasteiger charge is -2.21. The van der Waals surface area contributed by atoms with Crippen molar-refractivity contribution in [3.05, 3.63) is 75.2 Å². The maximum atomic E-state index is 12.8. The number of ether oxygens (including phenoxy) is 2. The molecule has 0 aliphatic heterocycles. The molecule has 0 saturated heterocycles. The van der Waals surface area contributed by atoms with Gasteiger partial charge in [0.1, 0.15) is 5.69 Å². The Morgan fingerprint density at radius 2 is 1.87 bits per heavy atom. The van der Waals surface area contributed by atoms with Gasteiger partial charge in [-0.3, -0.25) is 19.5 Å². The van der Waals surface area contributed by atoms with Crippen molar-refractivity contribution in [2.24, 2.45) is 0 Å². The Kier molecular flexibility index (Phi) is 6.66. The predicted octanol–water partition coefficient (Wildman–Crippen LogP) is 2.78. The van der Waals surface area contributed by atoms with Crippen molar-refractivity contribution in [1.29, 1.82) is 0 Å². The first-order valence-corrected chi connectivity index (χ1v) is 9.53. The van der Waals surface area contributed by atoms with Crippen LogP contribution in [0.3, 0.4) is 0 Å². The summed E-state index contributed by atoms with van der Waals surface area (Å²) in [6, 6.07) is 11.6. The molecule has 31 heavy (non-hydrogen) atoms. The molecule has 1 heterocycles. The molecule has 0 unspecified atom stereocenters. The van der Waals surface area contributed by atoms with Crippen LogP contribution in [0.25, 0.3) is 5.69 Å². The second kappa shape index (κ2) is 9.40. The minimum atomic E-state index is -1.12. The Hall–Kier alpha value is -3.72. The maximum absolute atomic E-state index is 12.8. The van der Waals surface area contributed by atoms with E-state index < -0.39 is 29.9 Å². The molecule has 0 fully saturated rings. The number of aliphatic carboxylic acids is 1. The minimum absolute atomic E-state index is 0.0304. The quantitative estimate of drug-likeness (QED) is 0.490. The summed E-state index contributed by atoms with van der Waals surface area (Å²) in [7, 11) is 2.88. The van der Waals surface area contributed by atoms with E-state index in [4.69, 9.17) is 21.1 Å². The zero-order valence-electron chi connectivity index (χ0n) is 16.7. The number of rotatable bonds is 8. The van der Waals surface area contributed by atoms with Gasteiger partial charge in [-0.2, -0.15) is 0 Å². The molecule has 0 saturated carbocycles. The third-order valence-electron chi connectivity index (χ3n) is 4.54. The van der Waals surface area contributed by atoms with Gasteiger partial charge in [-0.15, -0.1) is 0 Å². The highest BCUT2D eigenvalue weighted by Gasteiger charge is 2.25. The molecule has 0 bridgehead atoms. The zero-order chi connectivity index (χ0) is 22.5. The third-order valence-corrected chi connectivity index (χ3v) is 4.79. The highest BCUT2D eigenvalue weighted by molar-refractivity contribution is 6.30. The van der Waals surface area contributed by atoms with E-state index >= 15 is 0 Å². The van der Waals surface area contributed by atoms with E-state index in [-0.39, 0.29) is 5.69 Å². The smallest absolute Gasteiger partial charge is 0.305 e. The molecule has 1 atom stereocenters. The van der Waals surface area contributed by atoms with Crippen LogP contribution in [0, 0.1) is 0 Å². The number of carbonyl (C=O) groups is 2. The van der Waals surface area contributed by atoms with Gasteiger partial charge in [-0.05, 0) is 30.3 Å². The number of methoxy groups -OCH3 is 2. The first-order chi connectivity index (χ1) is 14.8. The number of para-hydroxylation sites is 1. The van der Waals surface area contributed by atoms with Gasteiger partial charge in [0.25, 0.3) is 11.5 Å². The standard InChI is InChI=1S/C21H20ClN3O6/c1-30-17-5-3-4-14(20(17)31-2)15(11-19(27)28)23-21(29)16-10-18(26)25(24-16)13-8-6-12(22)7-9-13/h3-10,15,24H,11H2,1-2H3,(H,23,29)(H,27,28)/t15-/m0/s1. The molecule has 162 valence electrons. The Morgan fingerprint density at radius 3 is 2.48 bits per heavy atom. The molecule has 9 nitrogen and oxygen atoms in total. The van der Waals surface area contributed by atoms with Crippen LogP contribution in [-0.2, 0) is 4.79 Å². The number of aromatic amines is 1. The van der Waals surface area contributed by atoms with Crippen LogP contribution in [0.4, 0.5) is 0 Å². The number of carbonyl (C=O) groups excluding carboxylic acids is 1. The van der Waals surface area contributed by atoms with Crippen LogP contribution in [0.5, 0.6) is 11.5 Å². The van der Waals surface area contributed by atoms with Crippen LogP contribution in [0.1, 0.15) is 28.5 Å². The number of aromatic nitrogens is 2. The van der Waals surface area contributed by atoms with Gasteiger partial charge in [0, 0.05) is 16.7 Å². The first-order valence-electron chi connectivity index (χ1n) is 9.15. The van der Waals surface area contributed by atoms with Crippen molar-refractivity contribution in [2.75, 3.05) is 14.2 Å². The fourth-order valence-corrected chi connectivity index (χ4v) is 3.26. The fourth-order valence-electron chi connectivity index (χ4n) is 3.13. The van der Waals surface area contributed by atoms with Gasteiger partial charge in [0.2, 0.25) is 0 Å². The molecule has 0 aliphatic rings. The van der Waals surface area contributed by atoms with Crippen LogP contribution in [0.15, 0.2) is 53.3 Å². The molecular weight excluding hydrogens is 426 g/mol. The van der Waals surface area contributed by atoms with Gasteiger partial charge in [-0.1, -0.05) is 23.7 Å². The highest BCUT2D eigenvalue weighted by atomic mass is 35.5. The summed E-state index contributed by atoms with van der Waals surface area (Å²) >= 11 is 5.87. The van der Waals surface area contributed by atoms with E-state index in [1.54, 1.807) is 42.5 Å². The second-order valence-corrected chi connectivity index (χ2v) is 6.96. The molecule has 3 aromatic rings. The summed E-state index contributed by atoms with van der Waals surface area (Å²) in [5.41, 5.74) is 0.431. The lowest BCUT2D eigenvalue weighted by molar-refractivity contribution is -0.137. The number of halogens is 1. The van der Waals surface area contributed by atoms with Crippen molar-refractivity contribution >= 4 is 23.5 Å². The van der Waals surface area contributed by atoms with Crippen molar-refractivity contribution in [3.8, 4) is 17.2 Å². The maximum Gasteiger partial charge on any atom is 0.305 e. The van der Waals surface area contributed by atoms with E-state index in [0.29, 0.717) is 27.8 Å². The average molecular weight is 446 g/mol. The number of amides is 1. The van der Waals surface area contributed by atoms with Crippen LogP contribution >= 0.6 is 11.6 Å². The minimum Gasteiger partial charge on any atom is -0.493 e. The monoisotopic (exact) mass is 445 g/mol. The molecule has 0 radical (unpaired) electrons. The second-order valence-electron chi connectivity index (χ2n) is 6.53. The number of H-pyrrole nitrogens is 1. The van der Waals surface area contributed by atoms with Gasteiger partial charge in [0.15, 0.2) is 11.5 Å². The van der Waals surface area contributed by atoms with Crippen molar-refractivity contribution in [2.45, 2.75) is 12.5 Å². The van der Waals surface area contributed by atoms with Gasteiger partial charge < -0.3 is 19.9 Å². The summed E-state index contributed by atoms with van der Waals surface area (Å²) in [5, 5.41) is 15.2. The van der Waals surface area contributed by atoms with Gasteiger partial charge >= 0.3 is 5.97 Å². The lowest BCUT2D eigenvalue weighted by atomic mass is 10.0. The molecule has 10 heteroatoms. The zero-order valence-corrected chi connectivity index (χ0v) is 17.5. The summed E-state index contributed by atoms with van der Waals surface area (Å²) in [4.78, 5) is 36.6. The van der Waals surface area contributed by atoms with Crippen LogP contribution in [0.2, 0.25) is 5.02 Å². The molecular formula is C21H20ClN3O6. The number of hydrogen-bond acceptors (Lipinski definition) is 5. The Labute approximate surface area is 182 Å². The SMILES string of the molecule is COc1cccc([C@H](CC(=O)O)NC(=O)c2cc(=O)n(-c3ccc(Cl)cc3)[nH]2)c1OC. The fraction of sp³-hybridized carbons (Fsp3) is 0.190. The molecule has 3 rings (SSSR count). The van der Waals surface area contributed by atoms with E-state index in [2.05, 4.69) is 10.4 Å². The van der Waals surface area contributed by atoms with Gasteiger partial charge in [0.05, 0.1) is 32.4 Å². The van der Waals surface area contributed by atoms with Crippen molar-refractivity contribution < 1.29 is 24.2 Å². The summed E-state index contributed by atoms with van der Waals surface area (Å²) < 4.78 is 11.8. The predicted molar refractivity (Wildman–Crippen MR) is 113 cm³/mol. The highest BCUT2D eigenvalue weighted by Crippen LogP contribution is 2.35. The third kappa shape index (κ3) is 4.89. The molecule has 0 aliphatic carbocycles. The Bertz CT molecular complexity index is 1150. The van der Waals surface area contributed by atoms with E-state index in [1.165, 1.54) is 18.9 Å². The Morgan fingerprint density at radius 1 is 1.16 bits per heavy atom. The number of benzene rings is 2. The lowest BCUT2D eigenvalue weighted by Crippen LogP contribution is -2.31. The van der Waals surface area contributed by atoms with Crippen LogP contribution < -0.4 is 20.3 Å². The Balaban J connectivity index is 1.92. The molecule has 1 aromatic heterocycles. The number of carboxylic acids is 1. The summed E-state index contributed by atoms with van der Waals surface area (Å²) in [6.07, 6.45) is -0.405. The molecule has 3 N–H and O–H groups in total. The molecule has 0 spiro atoms. The summed E-state index contributed by atoms with van der Waals surface area (Å²) in [6.45, 7) is 0. The van der Waals surface area contributed by atoms with Crippen molar-refractivity contribution in [1.82, 2.24) is 15.1 Å². The number of hydrogen-bond donors (Lipinski definition) is 3. The normalized spacial score (nSPS) is 11.6. The number of nitrogens with one attached hydrogen (secondary N) is 2. The topological polar surface area (TPSA) is 123 Å². The number of nitrogens with zero attached hydrogens (tertiary/aromatic N) is 1. The number of carboxylic acid groups (broad SMARTS) is 1. The van der Waals surface area contributed by atoms with E-state index in [1.807, 2.05) is 0 Å². The average Bonchev–Trinajstić information content (AvgIpc) is 3.14. The van der Waals surface area contributed by atoms with Gasteiger partial charge in [-0.25, -0.2) is 4.68 Å². The molecule has 1 amide bonds.